The first-order valence-electron chi connectivity index (χ1n) is 7.66. The lowest BCUT2D eigenvalue weighted by molar-refractivity contribution is -0.144. The van der Waals surface area contributed by atoms with Gasteiger partial charge in [-0.25, -0.2) is 9.59 Å². The van der Waals surface area contributed by atoms with Gasteiger partial charge >= 0.3 is 11.9 Å². The van der Waals surface area contributed by atoms with E-state index in [1.165, 1.54) is 49.7 Å². The van der Waals surface area contributed by atoms with E-state index in [-0.39, 0.29) is 11.5 Å². The lowest BCUT2D eigenvalue weighted by Gasteiger charge is -2.19. The van der Waals surface area contributed by atoms with Crippen LogP contribution in [0, 0.1) is 0 Å². The molecule has 0 rings (SSSR count). The van der Waals surface area contributed by atoms with Gasteiger partial charge in [-0.3, -0.25) is 9.59 Å². The molecule has 0 fully saturated rings. The number of amides is 2. The summed E-state index contributed by atoms with van der Waals surface area (Å²) >= 11 is 0. The zero-order chi connectivity index (χ0) is 20.3. The zero-order valence-electron chi connectivity index (χ0n) is 15.1. The minimum Gasteiger partial charge on any atom is -0.467 e. The molecule has 0 aliphatic rings. The van der Waals surface area contributed by atoms with Crippen LogP contribution in [0.1, 0.15) is 13.8 Å². The van der Waals surface area contributed by atoms with Gasteiger partial charge in [0.1, 0.15) is 12.1 Å². The Balaban J connectivity index is 4.60. The second-order valence-corrected chi connectivity index (χ2v) is 7.87. The first kappa shape index (κ1) is 24.5. The summed E-state index contributed by atoms with van der Waals surface area (Å²) < 4.78 is 9.29. The van der Waals surface area contributed by atoms with Crippen LogP contribution in [0.15, 0.2) is 0 Å². The highest BCUT2D eigenvalue weighted by atomic mass is 33.1. The molecule has 0 saturated carbocycles. The fourth-order valence-electron chi connectivity index (χ4n) is 1.46. The number of hydrogen-bond donors (Lipinski definition) is 4. The van der Waals surface area contributed by atoms with Crippen molar-refractivity contribution in [3.8, 4) is 0 Å². The fourth-order valence-corrected chi connectivity index (χ4v) is 3.76. The normalized spacial score (nSPS) is 15.2. The Morgan fingerprint density at radius 1 is 0.808 bits per heavy atom. The van der Waals surface area contributed by atoms with Gasteiger partial charge in [0.2, 0.25) is 11.8 Å². The van der Waals surface area contributed by atoms with Crippen molar-refractivity contribution in [1.29, 1.82) is 0 Å². The maximum atomic E-state index is 11.7. The molecule has 0 aromatic rings. The number of ether oxygens (including phenoxy) is 2. The molecule has 0 heterocycles. The Morgan fingerprint density at radius 3 is 1.35 bits per heavy atom. The Hall–Kier alpha value is -1.50. The SMILES string of the molecule is COC(=O)C(CSSC[C@H](NC(=O)[C@H](C)N)C(=O)OC)NC(=O)[C@H](C)N. The van der Waals surface area contributed by atoms with Crippen LogP contribution in [0.5, 0.6) is 0 Å². The van der Waals surface area contributed by atoms with Crippen molar-refractivity contribution < 1.29 is 28.7 Å². The predicted molar refractivity (Wildman–Crippen MR) is 100 cm³/mol. The molecule has 0 bridgehead atoms. The van der Waals surface area contributed by atoms with Gasteiger partial charge in [-0.15, -0.1) is 0 Å². The highest BCUT2D eigenvalue weighted by molar-refractivity contribution is 8.76. The number of esters is 2. The highest BCUT2D eigenvalue weighted by Gasteiger charge is 2.25. The molecule has 10 nitrogen and oxygen atoms in total. The van der Waals surface area contributed by atoms with Crippen LogP contribution in [0.4, 0.5) is 0 Å². The minimum absolute atomic E-state index is 0.185. The molecule has 0 radical (unpaired) electrons. The van der Waals surface area contributed by atoms with E-state index in [9.17, 15) is 19.2 Å². The smallest absolute Gasteiger partial charge is 0.329 e. The largest absolute Gasteiger partial charge is 0.467 e. The predicted octanol–water partition coefficient (Wildman–Crippen LogP) is -1.62. The van der Waals surface area contributed by atoms with Crippen LogP contribution in [-0.4, -0.2) is 73.6 Å². The van der Waals surface area contributed by atoms with Crippen LogP contribution in [0.25, 0.3) is 0 Å². The Bertz CT molecular complexity index is 460. The van der Waals surface area contributed by atoms with E-state index in [1.54, 1.807) is 0 Å². The van der Waals surface area contributed by atoms with Crippen LogP contribution in [0.3, 0.4) is 0 Å². The first-order chi connectivity index (χ1) is 12.1. The molecule has 12 heteroatoms. The Kier molecular flexibility index (Phi) is 12.1. The summed E-state index contributed by atoms with van der Waals surface area (Å²) in [5, 5.41) is 4.97. The summed E-state index contributed by atoms with van der Waals surface area (Å²) in [6, 6.07) is -3.30. The van der Waals surface area contributed by atoms with Crippen molar-refractivity contribution in [3.05, 3.63) is 0 Å². The Labute approximate surface area is 160 Å². The van der Waals surface area contributed by atoms with Gasteiger partial charge in [0.15, 0.2) is 0 Å². The molecule has 6 N–H and O–H groups in total. The van der Waals surface area contributed by atoms with E-state index in [0.29, 0.717) is 0 Å². The number of carbonyl (C=O) groups excluding carboxylic acids is 4. The van der Waals surface area contributed by atoms with Gasteiger partial charge in [0.05, 0.1) is 26.3 Å². The number of rotatable bonds is 11. The van der Waals surface area contributed by atoms with Crippen LogP contribution in [0.2, 0.25) is 0 Å². The van der Waals surface area contributed by atoms with Crippen molar-refractivity contribution in [3.63, 3.8) is 0 Å². The second-order valence-electron chi connectivity index (χ2n) is 5.32. The molecule has 0 saturated heterocycles. The van der Waals surface area contributed by atoms with Gasteiger partial charge in [0.25, 0.3) is 0 Å². The third kappa shape index (κ3) is 9.27. The quantitative estimate of drug-likeness (QED) is 0.177. The monoisotopic (exact) mass is 410 g/mol. The molecule has 0 aromatic carbocycles. The highest BCUT2D eigenvalue weighted by Crippen LogP contribution is 2.23. The third-order valence-corrected chi connectivity index (χ3v) is 5.41. The van der Waals surface area contributed by atoms with E-state index < -0.39 is 47.9 Å². The van der Waals surface area contributed by atoms with E-state index in [4.69, 9.17) is 11.5 Å². The molecule has 0 spiro atoms. The van der Waals surface area contributed by atoms with E-state index in [1.807, 2.05) is 0 Å². The number of hydrogen-bond acceptors (Lipinski definition) is 10. The summed E-state index contributed by atoms with van der Waals surface area (Å²) in [6.07, 6.45) is 0. The van der Waals surface area contributed by atoms with Crippen molar-refractivity contribution in [1.82, 2.24) is 10.6 Å². The molecule has 150 valence electrons. The standard InChI is InChI=1S/C14H26N4O6S2/c1-7(15)11(19)17-9(13(21)23-3)5-25-26-6-10(14(22)24-4)18-12(20)8(2)16/h7-10H,5-6,15-16H2,1-4H3,(H,17,19)(H,18,20)/t7-,8-,9-,10?/m0/s1. The summed E-state index contributed by atoms with van der Waals surface area (Å²) in [5.74, 6) is -1.82. The molecule has 0 aliphatic heterocycles. The summed E-state index contributed by atoms with van der Waals surface area (Å²) in [4.78, 5) is 46.8. The van der Waals surface area contributed by atoms with Crippen molar-refractivity contribution in [2.24, 2.45) is 11.5 Å². The van der Waals surface area contributed by atoms with Gasteiger partial charge < -0.3 is 31.6 Å². The molecule has 0 aliphatic carbocycles. The maximum Gasteiger partial charge on any atom is 0.329 e. The summed E-state index contributed by atoms with van der Waals surface area (Å²) in [7, 11) is 4.86. The van der Waals surface area contributed by atoms with Gasteiger partial charge in [-0.05, 0) is 13.8 Å². The molecule has 2 amide bonds. The summed E-state index contributed by atoms with van der Waals surface area (Å²) in [6.45, 7) is 2.99. The van der Waals surface area contributed by atoms with E-state index in [0.717, 1.165) is 0 Å². The number of methoxy groups -OCH3 is 2. The molecular weight excluding hydrogens is 384 g/mol. The second kappa shape index (κ2) is 12.8. The lowest BCUT2D eigenvalue weighted by Crippen LogP contribution is -2.49. The Morgan fingerprint density at radius 2 is 1.12 bits per heavy atom. The fraction of sp³-hybridized carbons (Fsp3) is 0.714. The van der Waals surface area contributed by atoms with Gasteiger partial charge in [-0.2, -0.15) is 0 Å². The van der Waals surface area contributed by atoms with Gasteiger partial charge in [0, 0.05) is 11.5 Å². The average molecular weight is 411 g/mol. The van der Waals surface area contributed by atoms with Crippen molar-refractivity contribution >= 4 is 45.3 Å². The van der Waals surface area contributed by atoms with Crippen LogP contribution < -0.4 is 22.1 Å². The van der Waals surface area contributed by atoms with E-state index >= 15 is 0 Å². The number of carbonyl (C=O) groups is 4. The first-order valence-corrected chi connectivity index (χ1v) is 10.1. The molecule has 0 aromatic heterocycles. The number of nitrogens with one attached hydrogen (secondary N) is 2. The molecule has 1 unspecified atom stereocenters. The third-order valence-electron chi connectivity index (χ3n) is 2.98. The molecule has 4 atom stereocenters. The molecule has 26 heavy (non-hydrogen) atoms. The maximum absolute atomic E-state index is 11.7. The van der Waals surface area contributed by atoms with Crippen molar-refractivity contribution in [2.45, 2.75) is 38.0 Å². The molecular formula is C14H26N4O6S2. The average Bonchev–Trinajstić information content (AvgIpc) is 2.60. The topological polar surface area (TPSA) is 163 Å². The minimum atomic E-state index is -0.883. The van der Waals surface area contributed by atoms with Gasteiger partial charge in [-0.1, -0.05) is 21.6 Å². The number of nitrogens with two attached hydrogens (primary N) is 2. The zero-order valence-corrected chi connectivity index (χ0v) is 16.8. The van der Waals surface area contributed by atoms with Crippen molar-refractivity contribution in [2.75, 3.05) is 25.7 Å². The van der Waals surface area contributed by atoms with E-state index in [2.05, 4.69) is 20.1 Å². The van der Waals surface area contributed by atoms with Crippen LogP contribution >= 0.6 is 21.6 Å². The lowest BCUT2D eigenvalue weighted by atomic mass is 10.3. The summed E-state index contributed by atoms with van der Waals surface area (Å²) in [5.41, 5.74) is 10.9. The van der Waals surface area contributed by atoms with Crippen LogP contribution in [-0.2, 0) is 28.7 Å².